The molecule has 0 saturated heterocycles. The van der Waals surface area contributed by atoms with Gasteiger partial charge in [-0.3, -0.25) is 4.79 Å². The van der Waals surface area contributed by atoms with E-state index in [2.05, 4.69) is 15.9 Å². The number of Topliss-reactive ketones (excluding diaryl/α,β-unsaturated/α-hetero) is 1. The molecule has 1 heterocycles. The Bertz CT molecular complexity index is 574. The molecule has 6 heteroatoms. The first kappa shape index (κ1) is 18.0. The van der Waals surface area contributed by atoms with E-state index in [0.717, 1.165) is 18.2 Å². The lowest BCUT2D eigenvalue weighted by Crippen LogP contribution is -2.12. The summed E-state index contributed by atoms with van der Waals surface area (Å²) in [5, 5.41) is 0.940. The van der Waals surface area contributed by atoms with Gasteiger partial charge in [0.05, 0.1) is 19.8 Å². The predicted molar refractivity (Wildman–Crippen MR) is 90.7 cm³/mol. The highest BCUT2D eigenvalue weighted by Gasteiger charge is 2.33. The molecule has 126 valence electrons. The second-order valence-electron chi connectivity index (χ2n) is 5.10. The number of hydrogen-bond acceptors (Lipinski definition) is 5. The third kappa shape index (κ3) is 4.34. The van der Waals surface area contributed by atoms with E-state index >= 15 is 0 Å². The molecule has 0 radical (unpaired) electrons. The highest BCUT2D eigenvalue weighted by Crippen LogP contribution is 2.38. The molecule has 0 fully saturated rings. The number of ketones is 1. The number of methoxy groups -OCH3 is 2. The fraction of sp³-hybridized carbons (Fsp3) is 0.471. The van der Waals surface area contributed by atoms with Crippen molar-refractivity contribution < 1.29 is 23.7 Å². The summed E-state index contributed by atoms with van der Waals surface area (Å²) in [4.78, 5) is 12.7. The molecule has 1 aromatic carbocycles. The smallest absolute Gasteiger partial charge is 0.235 e. The van der Waals surface area contributed by atoms with E-state index in [1.807, 2.05) is 6.07 Å². The molecule has 2 rings (SSSR count). The van der Waals surface area contributed by atoms with Crippen LogP contribution in [0, 0.1) is 0 Å². The van der Waals surface area contributed by atoms with Gasteiger partial charge in [0.25, 0.3) is 0 Å². The van der Waals surface area contributed by atoms with Crippen molar-refractivity contribution in [1.82, 2.24) is 0 Å². The van der Waals surface area contributed by atoms with Gasteiger partial charge in [-0.2, -0.15) is 0 Å². The Labute approximate surface area is 144 Å². The molecule has 0 atom stereocenters. The largest absolute Gasteiger partial charge is 0.493 e. The molecule has 1 aliphatic rings. The zero-order valence-corrected chi connectivity index (χ0v) is 15.0. The molecular formula is C17H21BrO5. The van der Waals surface area contributed by atoms with Crippen molar-refractivity contribution in [3.05, 3.63) is 35.1 Å². The van der Waals surface area contributed by atoms with Crippen LogP contribution in [0.25, 0.3) is 0 Å². The third-order valence-electron chi connectivity index (χ3n) is 3.38. The van der Waals surface area contributed by atoms with Crippen LogP contribution in [0.3, 0.4) is 0 Å². The molecule has 0 bridgehead atoms. The molecule has 0 aromatic heterocycles. The predicted octanol–water partition coefficient (Wildman–Crippen LogP) is 3.36. The number of hydrogen-bond donors (Lipinski definition) is 0. The number of carbonyl (C=O) groups excluding carboxylic acids is 1. The summed E-state index contributed by atoms with van der Waals surface area (Å²) in [6, 6.07) is 5.38. The summed E-state index contributed by atoms with van der Waals surface area (Å²) in [7, 11) is 3.14. The maximum absolute atomic E-state index is 12.7. The molecule has 0 spiro atoms. The lowest BCUT2D eigenvalue weighted by molar-refractivity contribution is 0.0996. The zero-order chi connectivity index (χ0) is 16.7. The molecule has 1 aromatic rings. The van der Waals surface area contributed by atoms with Crippen LogP contribution in [0.5, 0.6) is 11.5 Å². The van der Waals surface area contributed by atoms with Crippen molar-refractivity contribution in [2.24, 2.45) is 0 Å². The standard InChI is InChI=1S/C17H21BrO5/c1-20-10-12(11-21-2)17-16(19)15-13(22-9-4-3-8-18)6-5-7-14(15)23-17/h5-7H,3-4,8-11H2,1-2H3. The van der Waals surface area contributed by atoms with E-state index in [0.29, 0.717) is 29.2 Å². The van der Waals surface area contributed by atoms with Gasteiger partial charge < -0.3 is 18.9 Å². The summed E-state index contributed by atoms with van der Waals surface area (Å²) in [6.07, 6.45) is 1.95. The van der Waals surface area contributed by atoms with E-state index in [9.17, 15) is 4.79 Å². The van der Waals surface area contributed by atoms with Gasteiger partial charge in [0.1, 0.15) is 17.1 Å². The van der Waals surface area contributed by atoms with Crippen LogP contribution in [0.2, 0.25) is 0 Å². The summed E-state index contributed by atoms with van der Waals surface area (Å²) in [6.45, 7) is 1.13. The topological polar surface area (TPSA) is 54.0 Å². The SMILES string of the molecule is COCC(COC)=C1Oc2cccc(OCCCCBr)c2C1=O. The second-order valence-corrected chi connectivity index (χ2v) is 5.90. The molecule has 0 aliphatic carbocycles. The highest BCUT2D eigenvalue weighted by molar-refractivity contribution is 9.09. The first-order chi connectivity index (χ1) is 11.2. The lowest BCUT2D eigenvalue weighted by atomic mass is 10.1. The van der Waals surface area contributed by atoms with E-state index in [4.69, 9.17) is 18.9 Å². The number of benzene rings is 1. The normalized spacial score (nSPS) is 13.0. The van der Waals surface area contributed by atoms with E-state index < -0.39 is 0 Å². The molecule has 1 aliphatic heterocycles. The minimum absolute atomic E-state index is 0.180. The summed E-state index contributed by atoms with van der Waals surface area (Å²) in [5.74, 6) is 1.18. The average Bonchev–Trinajstić information content (AvgIpc) is 2.89. The van der Waals surface area contributed by atoms with E-state index in [-0.39, 0.29) is 24.8 Å². The number of halogens is 1. The monoisotopic (exact) mass is 384 g/mol. The van der Waals surface area contributed by atoms with Gasteiger partial charge in [-0.1, -0.05) is 22.0 Å². The number of ether oxygens (including phenoxy) is 4. The number of unbranched alkanes of at least 4 members (excludes halogenated alkanes) is 1. The van der Waals surface area contributed by atoms with Gasteiger partial charge in [0.2, 0.25) is 5.78 Å². The quantitative estimate of drug-likeness (QED) is 0.371. The van der Waals surface area contributed by atoms with Crippen LogP contribution in [-0.4, -0.2) is 45.2 Å². The van der Waals surface area contributed by atoms with Crippen molar-refractivity contribution in [1.29, 1.82) is 0 Å². The summed E-state index contributed by atoms with van der Waals surface area (Å²) in [5.41, 5.74) is 1.16. The Balaban J connectivity index is 2.23. The maximum Gasteiger partial charge on any atom is 0.235 e. The Hall–Kier alpha value is -1.37. The van der Waals surface area contributed by atoms with Gasteiger partial charge in [-0.15, -0.1) is 0 Å². The lowest BCUT2D eigenvalue weighted by Gasteiger charge is -2.08. The Kier molecular flexibility index (Phi) is 7.08. The van der Waals surface area contributed by atoms with Gasteiger partial charge >= 0.3 is 0 Å². The van der Waals surface area contributed by atoms with Gasteiger partial charge in [0, 0.05) is 25.1 Å². The van der Waals surface area contributed by atoms with Gasteiger partial charge in [-0.25, -0.2) is 0 Å². The van der Waals surface area contributed by atoms with E-state index in [1.54, 1.807) is 26.4 Å². The number of alkyl halides is 1. The number of carbonyl (C=O) groups is 1. The minimum Gasteiger partial charge on any atom is -0.493 e. The van der Waals surface area contributed by atoms with Crippen LogP contribution in [0.1, 0.15) is 23.2 Å². The number of rotatable bonds is 9. The maximum atomic E-state index is 12.7. The first-order valence-corrected chi connectivity index (χ1v) is 8.59. The Morgan fingerprint density at radius 1 is 1.17 bits per heavy atom. The van der Waals surface area contributed by atoms with Gasteiger partial charge in [0.15, 0.2) is 5.76 Å². The van der Waals surface area contributed by atoms with Crippen molar-refractivity contribution in [2.75, 3.05) is 39.4 Å². The van der Waals surface area contributed by atoms with Gasteiger partial charge in [-0.05, 0) is 25.0 Å². The van der Waals surface area contributed by atoms with Crippen LogP contribution < -0.4 is 9.47 Å². The van der Waals surface area contributed by atoms with Crippen LogP contribution >= 0.6 is 15.9 Å². The van der Waals surface area contributed by atoms with Crippen molar-refractivity contribution in [2.45, 2.75) is 12.8 Å². The average molecular weight is 385 g/mol. The highest BCUT2D eigenvalue weighted by atomic mass is 79.9. The third-order valence-corrected chi connectivity index (χ3v) is 3.94. The van der Waals surface area contributed by atoms with Crippen molar-refractivity contribution >= 4 is 21.7 Å². The fourth-order valence-corrected chi connectivity index (χ4v) is 2.74. The molecule has 23 heavy (non-hydrogen) atoms. The Morgan fingerprint density at radius 3 is 2.57 bits per heavy atom. The van der Waals surface area contributed by atoms with E-state index in [1.165, 1.54) is 0 Å². The van der Waals surface area contributed by atoms with Crippen LogP contribution in [-0.2, 0) is 9.47 Å². The molecule has 0 saturated carbocycles. The van der Waals surface area contributed by atoms with Crippen LogP contribution in [0.4, 0.5) is 0 Å². The number of allylic oxidation sites excluding steroid dienone is 1. The summed E-state index contributed by atoms with van der Waals surface area (Å²) < 4.78 is 21.8. The molecule has 0 amide bonds. The molecular weight excluding hydrogens is 364 g/mol. The van der Waals surface area contributed by atoms with Crippen LogP contribution in [0.15, 0.2) is 29.5 Å². The van der Waals surface area contributed by atoms with Crippen molar-refractivity contribution in [3.63, 3.8) is 0 Å². The molecule has 5 nitrogen and oxygen atoms in total. The second kappa shape index (κ2) is 9.05. The molecule has 0 N–H and O–H groups in total. The zero-order valence-electron chi connectivity index (χ0n) is 13.4. The minimum atomic E-state index is -0.180. The molecule has 0 unspecified atom stereocenters. The Morgan fingerprint density at radius 2 is 1.91 bits per heavy atom. The fourth-order valence-electron chi connectivity index (χ4n) is 2.34. The number of fused-ring (bicyclic) bond motifs is 1. The first-order valence-electron chi connectivity index (χ1n) is 7.47. The summed E-state index contributed by atoms with van der Waals surface area (Å²) >= 11 is 3.39. The van der Waals surface area contributed by atoms with Crippen molar-refractivity contribution in [3.8, 4) is 11.5 Å².